The van der Waals surface area contributed by atoms with Crippen LogP contribution in [0.15, 0.2) is 48.8 Å². The van der Waals surface area contributed by atoms with Crippen LogP contribution in [0.2, 0.25) is 10.0 Å². The van der Waals surface area contributed by atoms with Gasteiger partial charge in [-0.2, -0.15) is 4.98 Å². The van der Waals surface area contributed by atoms with Crippen LogP contribution in [0.1, 0.15) is 25.7 Å². The largest absolute Gasteiger partial charge is 0.351 e. The van der Waals surface area contributed by atoms with Gasteiger partial charge in [-0.25, -0.2) is 4.98 Å². The van der Waals surface area contributed by atoms with Crippen molar-refractivity contribution in [1.29, 1.82) is 0 Å². The second kappa shape index (κ2) is 8.11. The number of nitrogens with zero attached hydrogens (tertiary/aromatic N) is 3. The van der Waals surface area contributed by atoms with Crippen molar-refractivity contribution >= 4 is 40.7 Å². The predicted molar refractivity (Wildman–Crippen MR) is 111 cm³/mol. The van der Waals surface area contributed by atoms with E-state index in [0.717, 1.165) is 29.8 Å². The highest BCUT2D eigenvalue weighted by atomic mass is 35.5. The molecule has 0 unspecified atom stereocenters. The Morgan fingerprint density at radius 1 is 0.889 bits per heavy atom. The molecule has 0 spiro atoms. The molecule has 0 amide bonds. The van der Waals surface area contributed by atoms with Crippen LogP contribution in [-0.2, 0) is 0 Å². The molecule has 0 bridgehead atoms. The molecule has 1 aliphatic carbocycles. The van der Waals surface area contributed by atoms with Gasteiger partial charge in [-0.3, -0.25) is 4.98 Å². The van der Waals surface area contributed by atoms with E-state index in [2.05, 4.69) is 20.6 Å². The Hall–Kier alpha value is -2.37. The molecule has 1 aliphatic rings. The number of pyridine rings is 1. The quantitative estimate of drug-likeness (QED) is 0.555. The van der Waals surface area contributed by atoms with Gasteiger partial charge in [0, 0.05) is 45.8 Å². The molecule has 2 aromatic heterocycles. The number of rotatable bonds is 5. The minimum atomic E-state index is 0.422. The maximum atomic E-state index is 6.11. The number of hydrogen-bond acceptors (Lipinski definition) is 5. The number of anilines is 3. The summed E-state index contributed by atoms with van der Waals surface area (Å²) in [6, 6.07) is 11.5. The average molecular weight is 400 g/mol. The van der Waals surface area contributed by atoms with E-state index in [0.29, 0.717) is 27.9 Å². The highest BCUT2D eigenvalue weighted by molar-refractivity contribution is 6.35. The van der Waals surface area contributed by atoms with Crippen LogP contribution in [0.3, 0.4) is 0 Å². The summed E-state index contributed by atoms with van der Waals surface area (Å²) in [7, 11) is 0. The summed E-state index contributed by atoms with van der Waals surface area (Å²) in [5.74, 6) is 1.29. The molecular weight excluding hydrogens is 381 g/mol. The second-order valence-electron chi connectivity index (χ2n) is 6.61. The SMILES string of the molecule is Clc1cc(Cl)cc(Nc2cc(-c3ccncc3)nc(NC3CCCC3)n2)c1. The Morgan fingerprint density at radius 2 is 1.59 bits per heavy atom. The highest BCUT2D eigenvalue weighted by Crippen LogP contribution is 2.28. The normalized spacial score (nSPS) is 14.3. The first kappa shape index (κ1) is 18.0. The van der Waals surface area contributed by atoms with Crippen LogP contribution in [0.4, 0.5) is 17.5 Å². The molecule has 0 radical (unpaired) electrons. The number of halogens is 2. The summed E-state index contributed by atoms with van der Waals surface area (Å²) >= 11 is 12.2. The van der Waals surface area contributed by atoms with Crippen molar-refractivity contribution in [1.82, 2.24) is 15.0 Å². The Morgan fingerprint density at radius 3 is 2.30 bits per heavy atom. The summed E-state index contributed by atoms with van der Waals surface area (Å²) in [6.07, 6.45) is 8.30. The molecular formula is C20H19Cl2N5. The van der Waals surface area contributed by atoms with Crippen molar-refractivity contribution in [3.05, 3.63) is 58.8 Å². The Kier molecular flexibility index (Phi) is 5.41. The summed E-state index contributed by atoms with van der Waals surface area (Å²) in [5, 5.41) is 7.89. The van der Waals surface area contributed by atoms with Crippen molar-refractivity contribution in [2.24, 2.45) is 0 Å². The van der Waals surface area contributed by atoms with Gasteiger partial charge in [0.2, 0.25) is 5.95 Å². The van der Waals surface area contributed by atoms with Gasteiger partial charge in [-0.05, 0) is 43.2 Å². The molecule has 4 rings (SSSR count). The summed E-state index contributed by atoms with van der Waals surface area (Å²) in [4.78, 5) is 13.4. The zero-order valence-electron chi connectivity index (χ0n) is 14.6. The Labute approximate surface area is 168 Å². The number of nitrogens with one attached hydrogen (secondary N) is 2. The smallest absolute Gasteiger partial charge is 0.225 e. The first-order chi connectivity index (χ1) is 13.2. The van der Waals surface area contributed by atoms with E-state index in [9.17, 15) is 0 Å². The lowest BCUT2D eigenvalue weighted by molar-refractivity contribution is 0.744. The highest BCUT2D eigenvalue weighted by Gasteiger charge is 2.17. The lowest BCUT2D eigenvalue weighted by atomic mass is 10.2. The van der Waals surface area contributed by atoms with E-state index in [4.69, 9.17) is 28.2 Å². The molecule has 1 fully saturated rings. The first-order valence-corrected chi connectivity index (χ1v) is 9.70. The minimum Gasteiger partial charge on any atom is -0.351 e. The lowest BCUT2D eigenvalue weighted by Crippen LogP contribution is -2.17. The molecule has 1 saturated carbocycles. The third-order valence-corrected chi connectivity index (χ3v) is 4.96. The van der Waals surface area contributed by atoms with Gasteiger partial charge in [0.1, 0.15) is 5.82 Å². The second-order valence-corrected chi connectivity index (χ2v) is 7.48. The van der Waals surface area contributed by atoms with Crippen molar-refractivity contribution in [3.8, 4) is 11.3 Å². The predicted octanol–water partition coefficient (Wildman–Crippen LogP) is 5.94. The molecule has 0 aliphatic heterocycles. The molecule has 5 nitrogen and oxygen atoms in total. The van der Waals surface area contributed by atoms with Gasteiger partial charge in [-0.15, -0.1) is 0 Å². The fourth-order valence-corrected chi connectivity index (χ4v) is 3.80. The standard InChI is InChI=1S/C20H19Cl2N5/c21-14-9-15(22)11-17(10-14)24-19-12-18(13-5-7-23-8-6-13)26-20(27-19)25-16-3-1-2-4-16/h5-12,16H,1-4H2,(H2,24,25,26,27). The van der Waals surface area contributed by atoms with Crippen molar-refractivity contribution < 1.29 is 0 Å². The van der Waals surface area contributed by atoms with E-state index in [-0.39, 0.29) is 0 Å². The van der Waals surface area contributed by atoms with Gasteiger partial charge in [-0.1, -0.05) is 36.0 Å². The molecule has 0 atom stereocenters. The van der Waals surface area contributed by atoms with Gasteiger partial charge in [0.25, 0.3) is 0 Å². The van der Waals surface area contributed by atoms with Crippen molar-refractivity contribution in [3.63, 3.8) is 0 Å². The number of benzene rings is 1. The van der Waals surface area contributed by atoms with Crippen LogP contribution >= 0.6 is 23.2 Å². The molecule has 138 valence electrons. The maximum Gasteiger partial charge on any atom is 0.225 e. The summed E-state index contributed by atoms with van der Waals surface area (Å²) in [6.45, 7) is 0. The molecule has 0 saturated heterocycles. The molecule has 2 heterocycles. The monoisotopic (exact) mass is 399 g/mol. The molecule has 2 N–H and O–H groups in total. The van der Waals surface area contributed by atoms with Gasteiger partial charge >= 0.3 is 0 Å². The molecule has 3 aromatic rings. The minimum absolute atomic E-state index is 0.422. The van der Waals surface area contributed by atoms with Crippen LogP contribution < -0.4 is 10.6 Å². The van der Waals surface area contributed by atoms with Gasteiger partial charge in [0.05, 0.1) is 5.69 Å². The zero-order valence-corrected chi connectivity index (χ0v) is 16.1. The van der Waals surface area contributed by atoms with Gasteiger partial charge in [0.15, 0.2) is 0 Å². The third kappa shape index (κ3) is 4.67. The summed E-state index contributed by atoms with van der Waals surface area (Å²) < 4.78 is 0. The maximum absolute atomic E-state index is 6.11. The van der Waals surface area contributed by atoms with E-state index in [1.807, 2.05) is 30.3 Å². The van der Waals surface area contributed by atoms with Crippen LogP contribution in [0, 0.1) is 0 Å². The van der Waals surface area contributed by atoms with Crippen molar-refractivity contribution in [2.45, 2.75) is 31.7 Å². The van der Waals surface area contributed by atoms with Crippen LogP contribution in [0.5, 0.6) is 0 Å². The Bertz CT molecular complexity index is 907. The summed E-state index contributed by atoms with van der Waals surface area (Å²) in [5.41, 5.74) is 2.58. The van der Waals surface area contributed by atoms with E-state index < -0.39 is 0 Å². The van der Waals surface area contributed by atoms with Crippen LogP contribution in [-0.4, -0.2) is 21.0 Å². The molecule has 27 heavy (non-hydrogen) atoms. The molecule has 1 aromatic carbocycles. The number of aromatic nitrogens is 3. The molecule has 7 heteroatoms. The van der Waals surface area contributed by atoms with E-state index in [1.165, 1.54) is 12.8 Å². The fraction of sp³-hybridized carbons (Fsp3) is 0.250. The van der Waals surface area contributed by atoms with Crippen LogP contribution in [0.25, 0.3) is 11.3 Å². The lowest BCUT2D eigenvalue weighted by Gasteiger charge is -2.15. The Balaban J connectivity index is 1.68. The topological polar surface area (TPSA) is 62.7 Å². The van der Waals surface area contributed by atoms with E-state index in [1.54, 1.807) is 18.5 Å². The zero-order chi connectivity index (χ0) is 18.6. The first-order valence-electron chi connectivity index (χ1n) is 8.95. The third-order valence-electron chi connectivity index (χ3n) is 4.53. The average Bonchev–Trinajstić information content (AvgIpc) is 3.14. The van der Waals surface area contributed by atoms with Gasteiger partial charge < -0.3 is 10.6 Å². The van der Waals surface area contributed by atoms with Crippen molar-refractivity contribution in [2.75, 3.05) is 10.6 Å². The fourth-order valence-electron chi connectivity index (χ4n) is 3.27. The van der Waals surface area contributed by atoms with E-state index >= 15 is 0 Å². The number of hydrogen-bond donors (Lipinski definition) is 2.